The van der Waals surface area contributed by atoms with E-state index in [0.717, 1.165) is 10.0 Å². The van der Waals surface area contributed by atoms with Gasteiger partial charge in [-0.15, -0.1) is 0 Å². The predicted octanol–water partition coefficient (Wildman–Crippen LogP) is 5.14. The van der Waals surface area contributed by atoms with Gasteiger partial charge in [0.2, 0.25) is 5.88 Å². The number of hydrogen-bond acceptors (Lipinski definition) is 4. The molecule has 0 aliphatic rings. The van der Waals surface area contributed by atoms with E-state index in [1.807, 2.05) is 0 Å². The number of rotatable bonds is 6. The fourth-order valence-corrected chi connectivity index (χ4v) is 3.48. The molecule has 144 valence electrons. The number of aliphatic hydroxyl groups excluding tert-OH is 1. The van der Waals surface area contributed by atoms with Crippen LogP contribution in [0.3, 0.4) is 0 Å². The lowest BCUT2D eigenvalue weighted by atomic mass is 9.94. The molecule has 2 aromatic carbocycles. The Labute approximate surface area is 171 Å². The number of halogens is 2. The number of pyridine rings is 1. The summed E-state index contributed by atoms with van der Waals surface area (Å²) in [7, 11) is 1.52. The Hall–Kier alpha value is -2.57. The summed E-state index contributed by atoms with van der Waals surface area (Å²) in [6.07, 6.45) is 0.646. The van der Waals surface area contributed by atoms with Crippen molar-refractivity contribution >= 4 is 21.7 Å². The number of carbonyl (C=O) groups is 1. The Balaban J connectivity index is 1.88. The molecule has 1 N–H and O–H groups in total. The van der Waals surface area contributed by atoms with Gasteiger partial charge in [-0.25, -0.2) is 9.37 Å². The molecular formula is C22H19BrFNO3. The summed E-state index contributed by atoms with van der Waals surface area (Å²) in [5.41, 5.74) is 2.78. The first kappa shape index (κ1) is 20.2. The van der Waals surface area contributed by atoms with Gasteiger partial charge >= 0.3 is 0 Å². The molecule has 0 radical (unpaired) electrons. The molecule has 0 aliphatic carbocycles. The summed E-state index contributed by atoms with van der Waals surface area (Å²) in [6, 6.07) is 13.4. The van der Waals surface area contributed by atoms with Crippen LogP contribution in [0.5, 0.6) is 5.88 Å². The Morgan fingerprint density at radius 2 is 1.93 bits per heavy atom. The van der Waals surface area contributed by atoms with Gasteiger partial charge in [-0.3, -0.25) is 4.79 Å². The van der Waals surface area contributed by atoms with E-state index in [4.69, 9.17) is 4.74 Å². The zero-order valence-electron chi connectivity index (χ0n) is 15.4. The maximum absolute atomic E-state index is 14.7. The number of ether oxygens (including phenoxy) is 1. The molecule has 1 heterocycles. The molecule has 0 fully saturated rings. The van der Waals surface area contributed by atoms with Crippen LogP contribution in [0.1, 0.15) is 34.5 Å². The van der Waals surface area contributed by atoms with Gasteiger partial charge in [0.15, 0.2) is 5.78 Å². The zero-order chi connectivity index (χ0) is 20.3. The maximum Gasteiger partial charge on any atom is 0.213 e. The van der Waals surface area contributed by atoms with E-state index < -0.39 is 11.9 Å². The van der Waals surface area contributed by atoms with Gasteiger partial charge in [0.05, 0.1) is 13.2 Å². The van der Waals surface area contributed by atoms with Crippen LogP contribution in [0, 0.1) is 5.82 Å². The Bertz CT molecular complexity index is 1020. The number of hydrogen-bond donors (Lipinski definition) is 1. The third-order valence-electron chi connectivity index (χ3n) is 4.50. The highest BCUT2D eigenvalue weighted by Gasteiger charge is 2.18. The van der Waals surface area contributed by atoms with Crippen molar-refractivity contribution in [3.05, 3.63) is 81.7 Å². The Morgan fingerprint density at radius 1 is 1.18 bits per heavy atom. The van der Waals surface area contributed by atoms with E-state index in [1.165, 1.54) is 20.1 Å². The first-order chi connectivity index (χ1) is 13.4. The smallest absolute Gasteiger partial charge is 0.213 e. The second-order valence-corrected chi connectivity index (χ2v) is 7.32. The molecule has 3 rings (SSSR count). The van der Waals surface area contributed by atoms with Gasteiger partial charge < -0.3 is 9.84 Å². The number of carbonyl (C=O) groups excluding carboxylic acids is 1. The van der Waals surface area contributed by atoms with E-state index in [2.05, 4.69) is 20.9 Å². The van der Waals surface area contributed by atoms with E-state index >= 15 is 0 Å². The number of benzene rings is 2. The Kier molecular flexibility index (Phi) is 6.21. The van der Waals surface area contributed by atoms with E-state index in [1.54, 1.807) is 48.7 Å². The average molecular weight is 444 g/mol. The predicted molar refractivity (Wildman–Crippen MR) is 109 cm³/mol. The first-order valence-corrected chi connectivity index (χ1v) is 9.45. The number of Topliss-reactive ketones (excluding diaryl/α,β-unsaturated/α-hetero) is 1. The fraction of sp³-hybridized carbons (Fsp3) is 0.182. The number of nitrogens with zero attached hydrogens (tertiary/aromatic N) is 1. The molecule has 1 aromatic heterocycles. The highest BCUT2D eigenvalue weighted by atomic mass is 79.9. The minimum atomic E-state index is -1.08. The molecule has 1 atom stereocenters. The van der Waals surface area contributed by atoms with E-state index in [0.29, 0.717) is 22.6 Å². The van der Waals surface area contributed by atoms with Gasteiger partial charge in [-0.2, -0.15) is 0 Å². The SMILES string of the molecule is COc1cc(-c2ccc(C(O)Cc3cc(Br)ccc3C(C)=O)c(F)c2)ccn1. The van der Waals surface area contributed by atoms with Crippen molar-refractivity contribution in [1.29, 1.82) is 0 Å². The topological polar surface area (TPSA) is 59.4 Å². The molecule has 0 bridgehead atoms. The van der Waals surface area contributed by atoms with Crippen LogP contribution in [0.2, 0.25) is 0 Å². The van der Waals surface area contributed by atoms with Crippen molar-refractivity contribution in [2.24, 2.45) is 0 Å². The highest BCUT2D eigenvalue weighted by molar-refractivity contribution is 9.10. The Morgan fingerprint density at radius 3 is 2.61 bits per heavy atom. The molecule has 28 heavy (non-hydrogen) atoms. The lowest BCUT2D eigenvalue weighted by molar-refractivity contribution is 0.101. The van der Waals surface area contributed by atoms with Crippen molar-refractivity contribution in [2.45, 2.75) is 19.4 Å². The zero-order valence-corrected chi connectivity index (χ0v) is 17.0. The summed E-state index contributed by atoms with van der Waals surface area (Å²) in [5.74, 6) is -0.175. The normalized spacial score (nSPS) is 11.9. The molecule has 0 saturated heterocycles. The minimum Gasteiger partial charge on any atom is -0.481 e. The number of ketones is 1. The van der Waals surface area contributed by atoms with Gasteiger partial charge in [0.25, 0.3) is 0 Å². The molecule has 0 spiro atoms. The standard InChI is InChI=1S/C22H19BrFNO3/c1-13(26)18-6-4-17(23)9-16(18)11-21(27)19-5-3-14(10-20(19)24)15-7-8-25-22(12-15)28-2/h3-10,12,21,27H,11H2,1-2H3. The lowest BCUT2D eigenvalue weighted by Crippen LogP contribution is -2.08. The highest BCUT2D eigenvalue weighted by Crippen LogP contribution is 2.29. The molecule has 0 saturated carbocycles. The van der Waals surface area contributed by atoms with Gasteiger partial charge in [0.1, 0.15) is 5.82 Å². The summed E-state index contributed by atoms with van der Waals surface area (Å²) in [4.78, 5) is 15.9. The molecule has 6 heteroatoms. The number of aromatic nitrogens is 1. The molecular weight excluding hydrogens is 425 g/mol. The van der Waals surface area contributed by atoms with Crippen LogP contribution >= 0.6 is 15.9 Å². The molecule has 1 unspecified atom stereocenters. The number of methoxy groups -OCH3 is 1. The van der Waals surface area contributed by atoms with Crippen molar-refractivity contribution in [2.75, 3.05) is 7.11 Å². The molecule has 0 aliphatic heterocycles. The molecule has 0 amide bonds. The minimum absolute atomic E-state index is 0.0999. The summed E-state index contributed by atoms with van der Waals surface area (Å²) >= 11 is 3.37. The number of aliphatic hydroxyl groups is 1. The third kappa shape index (κ3) is 4.46. The van der Waals surface area contributed by atoms with Crippen molar-refractivity contribution in [1.82, 2.24) is 4.98 Å². The van der Waals surface area contributed by atoms with Gasteiger partial charge in [0, 0.05) is 34.3 Å². The maximum atomic E-state index is 14.7. The second kappa shape index (κ2) is 8.63. The van der Waals surface area contributed by atoms with Crippen molar-refractivity contribution < 1.29 is 19.0 Å². The largest absolute Gasteiger partial charge is 0.481 e. The monoisotopic (exact) mass is 443 g/mol. The summed E-state index contributed by atoms with van der Waals surface area (Å²) in [6.45, 7) is 1.47. The molecule has 4 nitrogen and oxygen atoms in total. The van der Waals surface area contributed by atoms with Crippen LogP contribution in [0.4, 0.5) is 4.39 Å². The van der Waals surface area contributed by atoms with Gasteiger partial charge in [-0.1, -0.05) is 34.1 Å². The van der Waals surface area contributed by atoms with Crippen LogP contribution < -0.4 is 4.74 Å². The summed E-state index contributed by atoms with van der Waals surface area (Å²) in [5, 5.41) is 10.6. The van der Waals surface area contributed by atoms with Crippen LogP contribution in [-0.4, -0.2) is 23.0 Å². The van der Waals surface area contributed by atoms with E-state index in [-0.39, 0.29) is 17.8 Å². The third-order valence-corrected chi connectivity index (χ3v) is 4.99. The van der Waals surface area contributed by atoms with E-state index in [9.17, 15) is 14.3 Å². The quantitative estimate of drug-likeness (QED) is 0.535. The second-order valence-electron chi connectivity index (χ2n) is 6.40. The average Bonchev–Trinajstić information content (AvgIpc) is 2.67. The van der Waals surface area contributed by atoms with Crippen LogP contribution in [0.25, 0.3) is 11.1 Å². The van der Waals surface area contributed by atoms with Gasteiger partial charge in [-0.05, 0) is 47.9 Å². The summed E-state index contributed by atoms with van der Waals surface area (Å²) < 4.78 is 20.6. The molecule has 3 aromatic rings. The fourth-order valence-electron chi connectivity index (χ4n) is 3.07. The first-order valence-electron chi connectivity index (χ1n) is 8.66. The van der Waals surface area contributed by atoms with Crippen LogP contribution in [-0.2, 0) is 6.42 Å². The lowest BCUT2D eigenvalue weighted by Gasteiger charge is -2.15. The van der Waals surface area contributed by atoms with Crippen molar-refractivity contribution in [3.63, 3.8) is 0 Å². The van der Waals surface area contributed by atoms with Crippen LogP contribution in [0.15, 0.2) is 59.2 Å². The van der Waals surface area contributed by atoms with Crippen molar-refractivity contribution in [3.8, 4) is 17.0 Å².